The smallest absolute Gasteiger partial charge is 0.239 e. The summed E-state index contributed by atoms with van der Waals surface area (Å²) < 4.78 is 0. The molecule has 0 bridgehead atoms. The van der Waals surface area contributed by atoms with E-state index in [0.29, 0.717) is 0 Å². The van der Waals surface area contributed by atoms with E-state index < -0.39 is 0 Å². The largest absolute Gasteiger partial charge is 0.325 e. The summed E-state index contributed by atoms with van der Waals surface area (Å²) in [5, 5.41) is 3.51. The van der Waals surface area contributed by atoms with Crippen LogP contribution in [0.3, 0.4) is 0 Å². The molecule has 92 valence electrons. The van der Waals surface area contributed by atoms with Crippen molar-refractivity contribution in [3.63, 3.8) is 0 Å². The number of thioether (sulfide) groups is 1. The van der Waals surface area contributed by atoms with Gasteiger partial charge in [-0.2, -0.15) is 0 Å². The van der Waals surface area contributed by atoms with Gasteiger partial charge in [-0.1, -0.05) is 12.8 Å². The fourth-order valence-corrected chi connectivity index (χ4v) is 3.32. The third-order valence-electron chi connectivity index (χ3n) is 2.86. The van der Waals surface area contributed by atoms with Gasteiger partial charge in [-0.3, -0.25) is 4.79 Å². The molecule has 0 saturated heterocycles. The molecule has 1 amide bonds. The summed E-state index contributed by atoms with van der Waals surface area (Å²) in [6.45, 7) is 0. The maximum Gasteiger partial charge on any atom is 0.239 e. The zero-order valence-corrected chi connectivity index (χ0v) is 11.2. The Morgan fingerprint density at radius 2 is 1.94 bits per heavy atom. The molecule has 1 aliphatic carbocycles. The molecule has 1 N–H and O–H groups in total. The average Bonchev–Trinajstić information content (AvgIpc) is 2.84. The Morgan fingerprint density at radius 1 is 1.29 bits per heavy atom. The minimum atomic E-state index is -0.164. The second-order valence-electron chi connectivity index (χ2n) is 4.23. The molecule has 4 heteroatoms. The monoisotopic (exact) mass is 269 g/mol. The highest BCUT2D eigenvalue weighted by atomic mass is 35.5. The van der Waals surface area contributed by atoms with Gasteiger partial charge in [0.25, 0.3) is 0 Å². The van der Waals surface area contributed by atoms with E-state index in [1.54, 1.807) is 0 Å². The number of alkyl halides is 1. The quantitative estimate of drug-likeness (QED) is 0.840. The SMILES string of the molecule is O=C(CCl)Nc1ccc(SC2CCCC2)cc1. The van der Waals surface area contributed by atoms with Crippen molar-refractivity contribution in [2.75, 3.05) is 11.2 Å². The number of carbonyl (C=O) groups excluding carboxylic acids is 1. The molecule has 1 aliphatic rings. The Hall–Kier alpha value is -0.670. The number of benzene rings is 1. The Morgan fingerprint density at radius 3 is 2.53 bits per heavy atom. The topological polar surface area (TPSA) is 29.1 Å². The third kappa shape index (κ3) is 3.93. The lowest BCUT2D eigenvalue weighted by molar-refractivity contribution is -0.113. The second-order valence-corrected chi connectivity index (χ2v) is 5.87. The van der Waals surface area contributed by atoms with Crippen LogP contribution in [0.1, 0.15) is 25.7 Å². The van der Waals surface area contributed by atoms with Crippen molar-refractivity contribution in [2.45, 2.75) is 35.8 Å². The van der Waals surface area contributed by atoms with Gasteiger partial charge in [-0.15, -0.1) is 23.4 Å². The second kappa shape index (κ2) is 6.31. The first-order valence-corrected chi connectivity index (χ1v) is 7.32. The average molecular weight is 270 g/mol. The van der Waals surface area contributed by atoms with Crippen LogP contribution in [0, 0.1) is 0 Å². The number of halogens is 1. The van der Waals surface area contributed by atoms with Gasteiger partial charge in [0.2, 0.25) is 5.91 Å². The van der Waals surface area contributed by atoms with Crippen molar-refractivity contribution >= 4 is 35.0 Å². The summed E-state index contributed by atoms with van der Waals surface area (Å²) in [6, 6.07) is 7.99. The van der Waals surface area contributed by atoms with Crippen LogP contribution in [0.5, 0.6) is 0 Å². The summed E-state index contributed by atoms with van der Waals surface area (Å²) >= 11 is 7.38. The third-order valence-corrected chi connectivity index (χ3v) is 4.46. The Balaban J connectivity index is 1.90. The number of anilines is 1. The highest BCUT2D eigenvalue weighted by Crippen LogP contribution is 2.34. The molecule has 0 aromatic heterocycles. The van der Waals surface area contributed by atoms with Crippen molar-refractivity contribution in [1.82, 2.24) is 0 Å². The molecule has 2 rings (SSSR count). The number of hydrogen-bond donors (Lipinski definition) is 1. The molecule has 1 saturated carbocycles. The lowest BCUT2D eigenvalue weighted by Gasteiger charge is -2.09. The van der Waals surface area contributed by atoms with Gasteiger partial charge in [-0.25, -0.2) is 0 Å². The normalized spacial score (nSPS) is 16.1. The van der Waals surface area contributed by atoms with Crippen LogP contribution >= 0.6 is 23.4 Å². The molecule has 17 heavy (non-hydrogen) atoms. The minimum Gasteiger partial charge on any atom is -0.325 e. The molecule has 1 fully saturated rings. The first-order valence-electron chi connectivity index (χ1n) is 5.90. The highest BCUT2D eigenvalue weighted by molar-refractivity contribution is 8.00. The predicted molar refractivity (Wildman–Crippen MR) is 73.9 cm³/mol. The zero-order chi connectivity index (χ0) is 12.1. The molecule has 0 radical (unpaired) electrons. The number of nitrogens with one attached hydrogen (secondary N) is 1. The van der Waals surface area contributed by atoms with Gasteiger partial charge in [-0.05, 0) is 37.1 Å². The summed E-state index contributed by atoms with van der Waals surface area (Å²) in [5.41, 5.74) is 0.812. The Bertz CT molecular complexity index is 374. The Labute approximate surface area is 111 Å². The van der Waals surface area contributed by atoms with Crippen molar-refractivity contribution < 1.29 is 4.79 Å². The van der Waals surface area contributed by atoms with Gasteiger partial charge in [0, 0.05) is 15.8 Å². The summed E-state index contributed by atoms with van der Waals surface area (Å²) in [4.78, 5) is 12.4. The van der Waals surface area contributed by atoms with Crippen molar-refractivity contribution in [3.05, 3.63) is 24.3 Å². The van der Waals surface area contributed by atoms with Crippen LogP contribution in [0.25, 0.3) is 0 Å². The number of rotatable bonds is 4. The van der Waals surface area contributed by atoms with Crippen molar-refractivity contribution in [2.24, 2.45) is 0 Å². The van der Waals surface area contributed by atoms with Crippen LogP contribution in [0.15, 0.2) is 29.2 Å². The van der Waals surface area contributed by atoms with Crippen LogP contribution in [0.4, 0.5) is 5.69 Å². The molecule has 0 spiro atoms. The fourth-order valence-electron chi connectivity index (χ4n) is 2.01. The summed E-state index contributed by atoms with van der Waals surface area (Å²) in [6.07, 6.45) is 5.38. The maximum absolute atomic E-state index is 11.1. The molecule has 0 heterocycles. The van der Waals surface area contributed by atoms with E-state index in [2.05, 4.69) is 17.4 Å². The van der Waals surface area contributed by atoms with E-state index in [9.17, 15) is 4.79 Å². The van der Waals surface area contributed by atoms with Gasteiger partial charge >= 0.3 is 0 Å². The molecule has 2 nitrogen and oxygen atoms in total. The lowest BCUT2D eigenvalue weighted by atomic mass is 10.3. The predicted octanol–water partition coefficient (Wildman–Crippen LogP) is 3.90. The van der Waals surface area contributed by atoms with Crippen molar-refractivity contribution in [3.8, 4) is 0 Å². The summed E-state index contributed by atoms with van der Waals surface area (Å²) in [7, 11) is 0. The molecule has 0 aliphatic heterocycles. The Kier molecular flexibility index (Phi) is 4.75. The fraction of sp³-hybridized carbons (Fsp3) is 0.462. The van der Waals surface area contributed by atoms with Gasteiger partial charge in [0.15, 0.2) is 0 Å². The molecule has 0 unspecified atom stereocenters. The lowest BCUT2D eigenvalue weighted by Crippen LogP contribution is -2.12. The molecule has 1 aromatic carbocycles. The number of hydrogen-bond acceptors (Lipinski definition) is 2. The van der Waals surface area contributed by atoms with Gasteiger partial charge in [0.1, 0.15) is 5.88 Å². The van der Waals surface area contributed by atoms with E-state index in [-0.39, 0.29) is 11.8 Å². The van der Waals surface area contributed by atoms with E-state index in [4.69, 9.17) is 11.6 Å². The van der Waals surface area contributed by atoms with E-state index >= 15 is 0 Å². The molecular weight excluding hydrogens is 254 g/mol. The van der Waals surface area contributed by atoms with Crippen LogP contribution < -0.4 is 5.32 Å². The van der Waals surface area contributed by atoms with Gasteiger partial charge in [0.05, 0.1) is 0 Å². The van der Waals surface area contributed by atoms with Crippen LogP contribution in [0.2, 0.25) is 0 Å². The minimum absolute atomic E-state index is 0.00141. The van der Waals surface area contributed by atoms with E-state index in [1.807, 2.05) is 23.9 Å². The van der Waals surface area contributed by atoms with Crippen molar-refractivity contribution in [1.29, 1.82) is 0 Å². The number of carbonyl (C=O) groups is 1. The standard InChI is InChI=1S/C13H16ClNOS/c14-9-13(16)15-10-5-7-12(8-6-10)17-11-3-1-2-4-11/h5-8,11H,1-4,9H2,(H,15,16). The molecular formula is C13H16ClNOS. The molecule has 1 aromatic rings. The highest BCUT2D eigenvalue weighted by Gasteiger charge is 2.15. The van der Waals surface area contributed by atoms with E-state index in [0.717, 1.165) is 10.9 Å². The first-order chi connectivity index (χ1) is 8.28. The van der Waals surface area contributed by atoms with E-state index in [1.165, 1.54) is 30.6 Å². The zero-order valence-electron chi connectivity index (χ0n) is 9.62. The maximum atomic E-state index is 11.1. The number of amides is 1. The molecule has 0 atom stereocenters. The van der Waals surface area contributed by atoms with Gasteiger partial charge < -0.3 is 5.32 Å². The summed E-state index contributed by atoms with van der Waals surface area (Å²) in [5.74, 6) is -0.165. The first kappa shape index (κ1) is 12.8. The van der Waals surface area contributed by atoms with Crippen LogP contribution in [-0.2, 0) is 4.79 Å². The van der Waals surface area contributed by atoms with Crippen LogP contribution in [-0.4, -0.2) is 17.0 Å².